The zero-order valence-corrected chi connectivity index (χ0v) is 10.6. The molecule has 2 rings (SSSR count). The smallest absolute Gasteiger partial charge is 0.218 e. The summed E-state index contributed by atoms with van der Waals surface area (Å²) in [6, 6.07) is 1.79. The molecule has 0 aliphatic carbocycles. The molecule has 0 unspecified atom stereocenters. The Morgan fingerprint density at radius 2 is 2.22 bits per heavy atom. The fourth-order valence-electron chi connectivity index (χ4n) is 1.49. The van der Waals surface area contributed by atoms with Crippen LogP contribution in [0.25, 0.3) is 0 Å². The number of ether oxygens (including phenoxy) is 1. The minimum Gasteiger partial charge on any atom is -0.475 e. The first-order valence-corrected chi connectivity index (χ1v) is 5.95. The zero-order chi connectivity index (χ0) is 12.8. The first-order valence-electron chi connectivity index (χ1n) is 5.95. The van der Waals surface area contributed by atoms with Gasteiger partial charge in [0.2, 0.25) is 5.88 Å². The summed E-state index contributed by atoms with van der Waals surface area (Å²) in [4.78, 5) is 15.4. The average Bonchev–Trinajstić information content (AvgIpc) is 2.82. The van der Waals surface area contributed by atoms with Gasteiger partial charge in [0, 0.05) is 31.4 Å². The van der Waals surface area contributed by atoms with Gasteiger partial charge in [-0.25, -0.2) is 15.0 Å². The quantitative estimate of drug-likeness (QED) is 0.811. The lowest BCUT2D eigenvalue weighted by Gasteiger charge is -2.09. The number of nitrogens with one attached hydrogen (secondary N) is 2. The Morgan fingerprint density at radius 1 is 1.33 bits per heavy atom. The fraction of sp³-hybridized carbons (Fsp3) is 0.417. The van der Waals surface area contributed by atoms with Crippen LogP contribution in [-0.4, -0.2) is 32.6 Å². The van der Waals surface area contributed by atoms with Crippen LogP contribution in [0, 0.1) is 0 Å². The van der Waals surface area contributed by atoms with Crippen LogP contribution in [0.1, 0.15) is 19.7 Å². The van der Waals surface area contributed by atoms with E-state index in [9.17, 15) is 0 Å². The lowest BCUT2D eigenvalue weighted by Crippen LogP contribution is -2.10. The van der Waals surface area contributed by atoms with Crippen molar-refractivity contribution in [3.05, 3.63) is 30.6 Å². The zero-order valence-electron chi connectivity index (χ0n) is 10.6. The molecule has 0 saturated heterocycles. The molecule has 0 radical (unpaired) electrons. The summed E-state index contributed by atoms with van der Waals surface area (Å²) < 4.78 is 5.50. The standard InChI is InChI=1S/C12H17N5O/c1-9(2)18-12-7-11(16-8-17-12)13-4-3-10-14-5-6-15-10/h5-9H,3-4H2,1-2H3,(H,14,15)(H,13,16,17). The van der Waals surface area contributed by atoms with Gasteiger partial charge in [-0.15, -0.1) is 0 Å². The molecule has 0 aliphatic heterocycles. The van der Waals surface area contributed by atoms with E-state index < -0.39 is 0 Å². The molecule has 0 fully saturated rings. The lowest BCUT2D eigenvalue weighted by molar-refractivity contribution is 0.232. The number of anilines is 1. The number of rotatable bonds is 6. The third-order valence-corrected chi connectivity index (χ3v) is 2.22. The van der Waals surface area contributed by atoms with Crippen molar-refractivity contribution in [2.24, 2.45) is 0 Å². The van der Waals surface area contributed by atoms with Gasteiger partial charge < -0.3 is 15.0 Å². The lowest BCUT2D eigenvalue weighted by atomic mass is 10.4. The van der Waals surface area contributed by atoms with E-state index in [2.05, 4.69) is 25.3 Å². The van der Waals surface area contributed by atoms with Crippen molar-refractivity contribution in [3.63, 3.8) is 0 Å². The van der Waals surface area contributed by atoms with Gasteiger partial charge in [-0.05, 0) is 13.8 Å². The van der Waals surface area contributed by atoms with Crippen LogP contribution in [0.5, 0.6) is 5.88 Å². The van der Waals surface area contributed by atoms with Gasteiger partial charge in [-0.1, -0.05) is 0 Å². The Labute approximate surface area is 106 Å². The van der Waals surface area contributed by atoms with Gasteiger partial charge in [-0.3, -0.25) is 0 Å². The average molecular weight is 247 g/mol. The fourth-order valence-corrected chi connectivity index (χ4v) is 1.49. The Bertz CT molecular complexity index is 469. The molecule has 2 aromatic rings. The van der Waals surface area contributed by atoms with Crippen LogP contribution in [0.15, 0.2) is 24.8 Å². The van der Waals surface area contributed by atoms with Crippen molar-refractivity contribution < 1.29 is 4.74 Å². The highest BCUT2D eigenvalue weighted by molar-refractivity contribution is 5.37. The largest absolute Gasteiger partial charge is 0.475 e. The Hall–Kier alpha value is -2.11. The molecule has 2 aromatic heterocycles. The Morgan fingerprint density at radius 3 is 2.94 bits per heavy atom. The van der Waals surface area contributed by atoms with Crippen LogP contribution in [-0.2, 0) is 6.42 Å². The minimum atomic E-state index is 0.107. The molecule has 2 heterocycles. The highest BCUT2D eigenvalue weighted by atomic mass is 16.5. The van der Waals surface area contributed by atoms with Crippen LogP contribution in [0.4, 0.5) is 5.82 Å². The molecule has 18 heavy (non-hydrogen) atoms. The van der Waals surface area contributed by atoms with E-state index in [0.29, 0.717) is 5.88 Å². The van der Waals surface area contributed by atoms with Crippen molar-refractivity contribution >= 4 is 5.82 Å². The Balaban J connectivity index is 1.85. The summed E-state index contributed by atoms with van der Waals surface area (Å²) in [6.45, 7) is 4.68. The number of imidazole rings is 1. The summed E-state index contributed by atoms with van der Waals surface area (Å²) in [5, 5.41) is 3.21. The van der Waals surface area contributed by atoms with E-state index >= 15 is 0 Å². The number of aromatic nitrogens is 4. The molecule has 0 saturated carbocycles. The predicted octanol–water partition coefficient (Wildman–Crippen LogP) is 1.64. The minimum absolute atomic E-state index is 0.107. The van der Waals surface area contributed by atoms with Gasteiger partial charge >= 0.3 is 0 Å². The first kappa shape index (κ1) is 12.3. The molecule has 0 atom stereocenters. The van der Waals surface area contributed by atoms with E-state index in [0.717, 1.165) is 24.6 Å². The maximum Gasteiger partial charge on any atom is 0.218 e. The second kappa shape index (κ2) is 6.00. The van der Waals surface area contributed by atoms with Gasteiger partial charge in [-0.2, -0.15) is 0 Å². The van der Waals surface area contributed by atoms with E-state index in [1.54, 1.807) is 12.3 Å². The molecule has 0 bridgehead atoms. The van der Waals surface area contributed by atoms with E-state index in [-0.39, 0.29) is 6.10 Å². The second-order valence-electron chi connectivity index (χ2n) is 4.12. The molecule has 2 N–H and O–H groups in total. The summed E-state index contributed by atoms with van der Waals surface area (Å²) in [5.74, 6) is 2.29. The normalized spacial score (nSPS) is 10.6. The van der Waals surface area contributed by atoms with E-state index in [4.69, 9.17) is 4.74 Å². The van der Waals surface area contributed by atoms with Gasteiger partial charge in [0.05, 0.1) is 6.10 Å². The SMILES string of the molecule is CC(C)Oc1cc(NCCc2ncc[nH]2)ncn1. The molecular formula is C12H17N5O. The molecule has 0 spiro atoms. The maximum absolute atomic E-state index is 5.50. The maximum atomic E-state index is 5.50. The van der Waals surface area contributed by atoms with Gasteiger partial charge in [0.1, 0.15) is 18.0 Å². The van der Waals surface area contributed by atoms with Crippen molar-refractivity contribution in [1.82, 2.24) is 19.9 Å². The Kier molecular flexibility index (Phi) is 4.11. The van der Waals surface area contributed by atoms with Crippen molar-refractivity contribution in [1.29, 1.82) is 0 Å². The summed E-state index contributed by atoms with van der Waals surface area (Å²) in [6.07, 6.45) is 5.98. The van der Waals surface area contributed by atoms with Crippen molar-refractivity contribution in [3.8, 4) is 5.88 Å². The number of H-pyrrole nitrogens is 1. The third-order valence-electron chi connectivity index (χ3n) is 2.22. The van der Waals surface area contributed by atoms with Gasteiger partial charge in [0.25, 0.3) is 0 Å². The number of hydrogen-bond donors (Lipinski definition) is 2. The van der Waals surface area contributed by atoms with Gasteiger partial charge in [0.15, 0.2) is 0 Å². The van der Waals surface area contributed by atoms with E-state index in [1.807, 2.05) is 20.0 Å². The van der Waals surface area contributed by atoms with Crippen LogP contribution in [0.2, 0.25) is 0 Å². The summed E-state index contributed by atoms with van der Waals surface area (Å²) in [5.41, 5.74) is 0. The third kappa shape index (κ3) is 3.73. The molecule has 6 nitrogen and oxygen atoms in total. The van der Waals surface area contributed by atoms with Crippen LogP contribution < -0.4 is 10.1 Å². The highest BCUT2D eigenvalue weighted by Crippen LogP contribution is 2.12. The molecule has 0 aromatic carbocycles. The summed E-state index contributed by atoms with van der Waals surface area (Å²) >= 11 is 0. The van der Waals surface area contributed by atoms with Crippen molar-refractivity contribution in [2.75, 3.05) is 11.9 Å². The summed E-state index contributed by atoms with van der Waals surface area (Å²) in [7, 11) is 0. The monoisotopic (exact) mass is 247 g/mol. The highest BCUT2D eigenvalue weighted by Gasteiger charge is 2.02. The first-order chi connectivity index (χ1) is 8.74. The molecule has 6 heteroatoms. The van der Waals surface area contributed by atoms with Crippen LogP contribution in [0.3, 0.4) is 0 Å². The number of nitrogens with zero attached hydrogens (tertiary/aromatic N) is 3. The molecular weight excluding hydrogens is 230 g/mol. The van der Waals surface area contributed by atoms with Crippen LogP contribution >= 0.6 is 0 Å². The topological polar surface area (TPSA) is 75.7 Å². The predicted molar refractivity (Wildman–Crippen MR) is 68.6 cm³/mol. The second-order valence-corrected chi connectivity index (χ2v) is 4.12. The molecule has 96 valence electrons. The molecule has 0 aliphatic rings. The van der Waals surface area contributed by atoms with Crippen molar-refractivity contribution in [2.45, 2.75) is 26.4 Å². The van der Waals surface area contributed by atoms with E-state index in [1.165, 1.54) is 6.33 Å². The number of aromatic amines is 1. The molecule has 0 amide bonds. The number of hydrogen-bond acceptors (Lipinski definition) is 5.